The lowest BCUT2D eigenvalue weighted by molar-refractivity contribution is 0.831. The van der Waals surface area contributed by atoms with Crippen molar-refractivity contribution in [1.82, 2.24) is 9.78 Å². The molecule has 4 heteroatoms. The van der Waals surface area contributed by atoms with E-state index in [2.05, 4.69) is 5.10 Å². The number of aromatic amines is 1. The molecule has 90 valence electrons. The number of nitrogens with one attached hydrogen (secondary N) is 1. The quantitative estimate of drug-likeness (QED) is 0.836. The fourth-order valence-electron chi connectivity index (χ4n) is 2.02. The molecule has 4 nitrogen and oxygen atoms in total. The summed E-state index contributed by atoms with van der Waals surface area (Å²) in [6.45, 7) is 4.45. The zero-order valence-corrected chi connectivity index (χ0v) is 10.2. The Hall–Kier alpha value is -1.81. The van der Waals surface area contributed by atoms with Crippen LogP contribution in [0.4, 0.5) is 0 Å². The summed E-state index contributed by atoms with van der Waals surface area (Å²) in [5, 5.41) is 2.85. The van der Waals surface area contributed by atoms with Crippen molar-refractivity contribution in [3.63, 3.8) is 0 Å². The maximum absolute atomic E-state index is 11.8. The molecule has 17 heavy (non-hydrogen) atoms. The van der Waals surface area contributed by atoms with E-state index in [-0.39, 0.29) is 5.56 Å². The van der Waals surface area contributed by atoms with E-state index in [4.69, 9.17) is 5.73 Å². The molecule has 1 heterocycles. The summed E-state index contributed by atoms with van der Waals surface area (Å²) < 4.78 is 1.82. The fraction of sp³-hybridized carbons (Fsp3) is 0.308. The largest absolute Gasteiger partial charge is 0.330 e. The number of nitrogens with two attached hydrogens (primary N) is 1. The van der Waals surface area contributed by atoms with Crippen LogP contribution in [0.2, 0.25) is 0 Å². The molecule has 0 amide bonds. The van der Waals surface area contributed by atoms with Gasteiger partial charge in [0.1, 0.15) is 0 Å². The Morgan fingerprint density at radius 2 is 2.12 bits per heavy atom. The third kappa shape index (κ3) is 2.17. The molecule has 1 aromatic carbocycles. The molecule has 2 aromatic rings. The highest BCUT2D eigenvalue weighted by Gasteiger charge is 2.11. The number of benzene rings is 1. The molecular weight excluding hydrogens is 214 g/mol. The van der Waals surface area contributed by atoms with Gasteiger partial charge in [-0.2, -0.15) is 0 Å². The van der Waals surface area contributed by atoms with Crippen molar-refractivity contribution in [1.29, 1.82) is 0 Å². The van der Waals surface area contributed by atoms with Gasteiger partial charge in [-0.05, 0) is 44.5 Å². The van der Waals surface area contributed by atoms with Gasteiger partial charge in [-0.15, -0.1) is 0 Å². The number of nitrogens with zero attached hydrogens (tertiary/aromatic N) is 1. The van der Waals surface area contributed by atoms with E-state index in [9.17, 15) is 4.79 Å². The van der Waals surface area contributed by atoms with Crippen LogP contribution in [0.15, 0.2) is 29.1 Å². The highest BCUT2D eigenvalue weighted by atomic mass is 16.1. The van der Waals surface area contributed by atoms with Gasteiger partial charge in [-0.1, -0.05) is 12.1 Å². The zero-order chi connectivity index (χ0) is 12.4. The van der Waals surface area contributed by atoms with Crippen LogP contribution in [0, 0.1) is 13.8 Å². The van der Waals surface area contributed by atoms with E-state index in [1.54, 1.807) is 0 Å². The number of hydrogen-bond acceptors (Lipinski definition) is 2. The summed E-state index contributed by atoms with van der Waals surface area (Å²) >= 11 is 0. The van der Waals surface area contributed by atoms with Crippen LogP contribution < -0.4 is 11.3 Å². The van der Waals surface area contributed by atoms with Crippen molar-refractivity contribution in [3.8, 4) is 5.69 Å². The first-order chi connectivity index (χ1) is 8.13. The SMILES string of the molecule is Cc1cccc(-n2[nH]c(=O)c(CCN)c2C)c1. The summed E-state index contributed by atoms with van der Waals surface area (Å²) in [4.78, 5) is 11.8. The number of aromatic nitrogens is 2. The van der Waals surface area contributed by atoms with Crippen LogP contribution in [0.5, 0.6) is 0 Å². The van der Waals surface area contributed by atoms with Gasteiger partial charge < -0.3 is 5.73 Å². The summed E-state index contributed by atoms with van der Waals surface area (Å²) in [6, 6.07) is 8.02. The molecule has 1 aromatic heterocycles. The Bertz CT molecular complexity index is 581. The number of aryl methyl sites for hydroxylation is 1. The van der Waals surface area contributed by atoms with Crippen molar-refractivity contribution in [2.45, 2.75) is 20.3 Å². The lowest BCUT2D eigenvalue weighted by atomic mass is 10.2. The number of H-pyrrole nitrogens is 1. The summed E-state index contributed by atoms with van der Waals surface area (Å²) in [7, 11) is 0. The Morgan fingerprint density at radius 3 is 2.76 bits per heavy atom. The van der Waals surface area contributed by atoms with Crippen LogP contribution in [-0.4, -0.2) is 16.3 Å². The first kappa shape index (κ1) is 11.7. The molecular formula is C13H17N3O. The van der Waals surface area contributed by atoms with Gasteiger partial charge in [0.15, 0.2) is 0 Å². The van der Waals surface area contributed by atoms with E-state index in [0.29, 0.717) is 13.0 Å². The Balaban J connectivity index is 2.54. The zero-order valence-electron chi connectivity index (χ0n) is 10.2. The molecule has 0 aliphatic heterocycles. The number of hydrogen-bond donors (Lipinski definition) is 2. The fourth-order valence-corrected chi connectivity index (χ4v) is 2.02. The molecule has 0 spiro atoms. The molecule has 3 N–H and O–H groups in total. The lowest BCUT2D eigenvalue weighted by Crippen LogP contribution is -2.12. The highest BCUT2D eigenvalue weighted by Crippen LogP contribution is 2.12. The predicted molar refractivity (Wildman–Crippen MR) is 68.6 cm³/mol. The Morgan fingerprint density at radius 1 is 1.35 bits per heavy atom. The van der Waals surface area contributed by atoms with Gasteiger partial charge in [0, 0.05) is 11.3 Å². The van der Waals surface area contributed by atoms with Gasteiger partial charge in [-0.25, -0.2) is 0 Å². The van der Waals surface area contributed by atoms with Crippen molar-refractivity contribution in [3.05, 3.63) is 51.4 Å². The normalized spacial score (nSPS) is 10.8. The second-order valence-corrected chi connectivity index (χ2v) is 4.22. The molecule has 2 rings (SSSR count). The molecule has 0 fully saturated rings. The molecule has 0 bridgehead atoms. The summed E-state index contributed by atoms with van der Waals surface area (Å²) in [6.07, 6.45) is 0.611. The molecule has 0 atom stereocenters. The minimum atomic E-state index is -0.0468. The maximum Gasteiger partial charge on any atom is 0.267 e. The van der Waals surface area contributed by atoms with Crippen LogP contribution in [0.3, 0.4) is 0 Å². The van der Waals surface area contributed by atoms with E-state index >= 15 is 0 Å². The minimum absolute atomic E-state index is 0.0468. The van der Waals surface area contributed by atoms with Crippen molar-refractivity contribution < 1.29 is 0 Å². The maximum atomic E-state index is 11.8. The van der Waals surface area contributed by atoms with Gasteiger partial charge in [0.25, 0.3) is 5.56 Å². The van der Waals surface area contributed by atoms with Crippen LogP contribution >= 0.6 is 0 Å². The molecule has 0 aliphatic rings. The van der Waals surface area contributed by atoms with Crippen molar-refractivity contribution >= 4 is 0 Å². The standard InChI is InChI=1S/C13H17N3O/c1-9-4-3-5-11(8-9)16-10(2)12(6-7-14)13(17)15-16/h3-5,8H,6-7,14H2,1-2H3,(H,15,17). The molecule has 0 saturated carbocycles. The topological polar surface area (TPSA) is 63.8 Å². The summed E-state index contributed by atoms with van der Waals surface area (Å²) in [5.41, 5.74) is 9.31. The van der Waals surface area contributed by atoms with Gasteiger partial charge in [0.2, 0.25) is 0 Å². The lowest BCUT2D eigenvalue weighted by Gasteiger charge is -2.06. The average Bonchev–Trinajstić information content (AvgIpc) is 2.57. The highest BCUT2D eigenvalue weighted by molar-refractivity contribution is 5.37. The first-order valence-corrected chi connectivity index (χ1v) is 5.71. The van der Waals surface area contributed by atoms with E-state index in [0.717, 1.165) is 22.5 Å². The molecule has 0 unspecified atom stereocenters. The van der Waals surface area contributed by atoms with Gasteiger partial charge >= 0.3 is 0 Å². The molecule has 0 saturated heterocycles. The van der Waals surface area contributed by atoms with E-state index in [1.807, 2.05) is 42.8 Å². The third-order valence-electron chi connectivity index (χ3n) is 2.91. The molecule has 0 radical (unpaired) electrons. The van der Waals surface area contributed by atoms with Crippen LogP contribution in [0.1, 0.15) is 16.8 Å². The monoisotopic (exact) mass is 231 g/mol. The van der Waals surface area contributed by atoms with E-state index in [1.165, 1.54) is 0 Å². The summed E-state index contributed by atoms with van der Waals surface area (Å²) in [5.74, 6) is 0. The van der Waals surface area contributed by atoms with Crippen LogP contribution in [0.25, 0.3) is 5.69 Å². The van der Waals surface area contributed by atoms with Gasteiger partial charge in [-0.3, -0.25) is 14.6 Å². The second-order valence-electron chi connectivity index (χ2n) is 4.22. The van der Waals surface area contributed by atoms with Crippen molar-refractivity contribution in [2.24, 2.45) is 5.73 Å². The van der Waals surface area contributed by atoms with Crippen LogP contribution in [-0.2, 0) is 6.42 Å². The van der Waals surface area contributed by atoms with Crippen molar-refractivity contribution in [2.75, 3.05) is 6.54 Å². The predicted octanol–water partition coefficient (Wildman–Crippen LogP) is 1.28. The van der Waals surface area contributed by atoms with E-state index < -0.39 is 0 Å². The molecule has 0 aliphatic carbocycles. The second kappa shape index (κ2) is 4.59. The third-order valence-corrected chi connectivity index (χ3v) is 2.91. The first-order valence-electron chi connectivity index (χ1n) is 5.71. The Labute approximate surface area is 100 Å². The minimum Gasteiger partial charge on any atom is -0.330 e. The van der Waals surface area contributed by atoms with Gasteiger partial charge in [0.05, 0.1) is 5.69 Å². The number of rotatable bonds is 3. The average molecular weight is 231 g/mol. The Kier molecular flexibility index (Phi) is 3.15. The smallest absolute Gasteiger partial charge is 0.267 e.